The van der Waals surface area contributed by atoms with E-state index in [2.05, 4.69) is 62.5 Å². The highest BCUT2D eigenvalue weighted by molar-refractivity contribution is 5.71. The van der Waals surface area contributed by atoms with Crippen LogP contribution in [0.2, 0.25) is 0 Å². The van der Waals surface area contributed by atoms with Gasteiger partial charge in [0.2, 0.25) is 0 Å². The summed E-state index contributed by atoms with van der Waals surface area (Å²) in [5, 5.41) is 9.68. The average molecular weight is 988 g/mol. The second-order valence-corrected chi connectivity index (χ2v) is 20.9. The fourth-order valence-corrected chi connectivity index (χ4v) is 8.36. The first-order valence-electron chi connectivity index (χ1n) is 29.3. The van der Waals surface area contributed by atoms with E-state index in [-0.39, 0.29) is 32.2 Å². The number of nitrogens with zero attached hydrogens (tertiary/aromatic N) is 1. The second kappa shape index (κ2) is 52.6. The van der Waals surface area contributed by atoms with Crippen molar-refractivity contribution in [3.63, 3.8) is 0 Å². The molecule has 0 aromatic heterocycles. The minimum Gasteiger partial charge on any atom is -0.477 e. The topological polar surface area (TPSA) is 108 Å². The molecular formula is C61H112NO8+. The molecule has 2 atom stereocenters. The highest BCUT2D eigenvalue weighted by atomic mass is 16.7. The Balaban J connectivity index is 4.11. The van der Waals surface area contributed by atoms with Gasteiger partial charge in [0, 0.05) is 12.8 Å². The molecule has 0 aliphatic rings. The predicted molar refractivity (Wildman–Crippen MR) is 295 cm³/mol. The van der Waals surface area contributed by atoms with Crippen molar-refractivity contribution < 1.29 is 42.9 Å². The zero-order valence-corrected chi connectivity index (χ0v) is 46.4. The van der Waals surface area contributed by atoms with E-state index in [1.807, 2.05) is 21.1 Å². The Morgan fingerprint density at radius 1 is 0.443 bits per heavy atom. The van der Waals surface area contributed by atoms with E-state index in [1.54, 1.807) is 0 Å². The van der Waals surface area contributed by atoms with Gasteiger partial charge in [0.05, 0.1) is 34.4 Å². The average Bonchev–Trinajstić information content (AvgIpc) is 3.33. The van der Waals surface area contributed by atoms with Crippen LogP contribution in [0.15, 0.2) is 48.6 Å². The van der Waals surface area contributed by atoms with E-state index < -0.39 is 24.3 Å². The van der Waals surface area contributed by atoms with Crippen molar-refractivity contribution in [1.29, 1.82) is 0 Å². The molecule has 0 aromatic rings. The van der Waals surface area contributed by atoms with Crippen LogP contribution in [0, 0.1) is 0 Å². The van der Waals surface area contributed by atoms with Gasteiger partial charge in [-0.25, -0.2) is 4.79 Å². The van der Waals surface area contributed by atoms with Crippen LogP contribution in [0.5, 0.6) is 0 Å². The zero-order valence-electron chi connectivity index (χ0n) is 46.4. The molecule has 0 aliphatic heterocycles. The Hall–Kier alpha value is -2.75. The Morgan fingerprint density at radius 3 is 1.21 bits per heavy atom. The molecule has 0 saturated carbocycles. The molecule has 0 rings (SSSR count). The van der Waals surface area contributed by atoms with E-state index in [9.17, 15) is 19.5 Å². The molecule has 0 amide bonds. The molecule has 0 fully saturated rings. The number of quaternary nitrogens is 1. The Bertz CT molecular complexity index is 1290. The maximum Gasteiger partial charge on any atom is 0.361 e. The normalized spacial score (nSPS) is 13.1. The van der Waals surface area contributed by atoms with Gasteiger partial charge < -0.3 is 28.5 Å². The van der Waals surface area contributed by atoms with Gasteiger partial charge in [-0.15, -0.1) is 0 Å². The van der Waals surface area contributed by atoms with E-state index in [0.717, 1.165) is 57.8 Å². The first-order chi connectivity index (χ1) is 34.1. The maximum absolute atomic E-state index is 12.8. The van der Waals surface area contributed by atoms with Crippen LogP contribution in [-0.4, -0.2) is 87.4 Å². The van der Waals surface area contributed by atoms with Gasteiger partial charge in [0.25, 0.3) is 6.29 Å². The molecule has 0 radical (unpaired) electrons. The second-order valence-electron chi connectivity index (χ2n) is 20.9. The van der Waals surface area contributed by atoms with Gasteiger partial charge in [-0.05, 0) is 51.4 Å². The number of unbranched alkanes of at least 4 members (excludes halogenated alkanes) is 31. The van der Waals surface area contributed by atoms with Crippen LogP contribution >= 0.6 is 0 Å². The van der Waals surface area contributed by atoms with Gasteiger partial charge in [0.15, 0.2) is 6.10 Å². The standard InChI is InChI=1S/C61H111NO8/c1-6-8-10-12-14-16-18-20-22-23-24-25-26-27-28-29-30-31-32-33-34-35-36-38-39-41-43-45-47-49-51-58(63)68-55-57(56-69-61(60(65)66)67-54-53-62(3,4)5)70-59(64)52-50-48-46-44-42-40-37-21-19-17-15-13-11-9-7-2/h9,11,15,17,21,37,42,44,57,61H,6-8,10,12-14,16,18-20,22-36,38-41,43,45-56H2,1-5H3/p+1/b11-9-,17-15-,37-21-,44-42-. The van der Waals surface area contributed by atoms with Crippen molar-refractivity contribution in [2.75, 3.05) is 47.5 Å². The largest absolute Gasteiger partial charge is 0.477 e. The number of allylic oxidation sites excluding steroid dienone is 8. The summed E-state index contributed by atoms with van der Waals surface area (Å²) in [6, 6.07) is 0. The van der Waals surface area contributed by atoms with Gasteiger partial charge in [-0.2, -0.15) is 0 Å². The molecule has 0 aliphatic carbocycles. The van der Waals surface area contributed by atoms with Crippen LogP contribution < -0.4 is 0 Å². The van der Waals surface area contributed by atoms with E-state index in [1.165, 1.54) is 173 Å². The molecule has 0 heterocycles. The summed E-state index contributed by atoms with van der Waals surface area (Å²) < 4.78 is 22.8. The lowest BCUT2D eigenvalue weighted by atomic mass is 10.0. The quantitative estimate of drug-likeness (QED) is 0.0211. The van der Waals surface area contributed by atoms with Crippen LogP contribution in [0.25, 0.3) is 0 Å². The molecular weight excluding hydrogens is 875 g/mol. The Labute approximate surface area is 432 Å². The maximum atomic E-state index is 12.8. The molecule has 0 saturated heterocycles. The van der Waals surface area contributed by atoms with Crippen LogP contribution in [0.3, 0.4) is 0 Å². The molecule has 9 heteroatoms. The lowest BCUT2D eigenvalue weighted by molar-refractivity contribution is -0.870. The molecule has 9 nitrogen and oxygen atoms in total. The number of esters is 2. The van der Waals surface area contributed by atoms with Crippen molar-refractivity contribution in [2.45, 2.75) is 277 Å². The number of ether oxygens (including phenoxy) is 4. The number of hydrogen-bond acceptors (Lipinski definition) is 7. The zero-order chi connectivity index (χ0) is 51.3. The third-order valence-electron chi connectivity index (χ3n) is 12.8. The summed E-state index contributed by atoms with van der Waals surface area (Å²) in [5.41, 5.74) is 0. The van der Waals surface area contributed by atoms with Gasteiger partial charge in [-0.3, -0.25) is 9.59 Å². The Morgan fingerprint density at radius 2 is 0.814 bits per heavy atom. The number of carboxylic acid groups (broad SMARTS) is 1. The highest BCUT2D eigenvalue weighted by Crippen LogP contribution is 2.17. The SMILES string of the molecule is CC/C=C\C/C=C\C/C=C\C/C=C\CCCCC(=O)OC(COC(=O)CCCCCCCCCCCCCCCCCCCCCCCCCCCCCCCC)COC(OCC[N+](C)(C)C)C(=O)O. The van der Waals surface area contributed by atoms with Crippen molar-refractivity contribution in [2.24, 2.45) is 0 Å². The monoisotopic (exact) mass is 987 g/mol. The molecule has 70 heavy (non-hydrogen) atoms. The van der Waals surface area contributed by atoms with E-state index >= 15 is 0 Å². The lowest BCUT2D eigenvalue weighted by Crippen LogP contribution is -2.40. The number of carbonyl (C=O) groups is 3. The molecule has 408 valence electrons. The van der Waals surface area contributed by atoms with Crippen LogP contribution in [-0.2, 0) is 33.3 Å². The van der Waals surface area contributed by atoms with Gasteiger partial charge >= 0.3 is 17.9 Å². The lowest BCUT2D eigenvalue weighted by Gasteiger charge is -2.25. The van der Waals surface area contributed by atoms with Gasteiger partial charge in [0.1, 0.15) is 13.2 Å². The number of carboxylic acids is 1. The minimum atomic E-state index is -1.52. The fraction of sp³-hybridized carbons (Fsp3) is 0.820. The van der Waals surface area contributed by atoms with Crippen molar-refractivity contribution in [1.82, 2.24) is 0 Å². The molecule has 1 N–H and O–H groups in total. The summed E-state index contributed by atoms with van der Waals surface area (Å²) in [7, 11) is 5.95. The van der Waals surface area contributed by atoms with Crippen molar-refractivity contribution >= 4 is 17.9 Å². The first kappa shape index (κ1) is 67.2. The summed E-state index contributed by atoms with van der Waals surface area (Å²) in [6.45, 7) is 4.74. The van der Waals surface area contributed by atoms with Crippen molar-refractivity contribution in [3.05, 3.63) is 48.6 Å². The molecule has 0 aromatic carbocycles. The van der Waals surface area contributed by atoms with Gasteiger partial charge in [-0.1, -0.05) is 249 Å². The number of carbonyl (C=O) groups excluding carboxylic acids is 2. The van der Waals surface area contributed by atoms with E-state index in [4.69, 9.17) is 18.9 Å². The van der Waals surface area contributed by atoms with Crippen LogP contribution in [0.4, 0.5) is 0 Å². The highest BCUT2D eigenvalue weighted by Gasteiger charge is 2.25. The molecule has 0 bridgehead atoms. The number of rotatable bonds is 54. The summed E-state index contributed by atoms with van der Waals surface area (Å²) in [4.78, 5) is 37.3. The summed E-state index contributed by atoms with van der Waals surface area (Å²) in [5.74, 6) is -2.05. The van der Waals surface area contributed by atoms with Crippen molar-refractivity contribution in [3.8, 4) is 0 Å². The Kier molecular flexibility index (Phi) is 50.5. The first-order valence-corrected chi connectivity index (χ1v) is 29.3. The minimum absolute atomic E-state index is 0.179. The molecule has 2 unspecified atom stereocenters. The predicted octanol–water partition coefficient (Wildman–Crippen LogP) is 17.1. The van der Waals surface area contributed by atoms with Crippen LogP contribution in [0.1, 0.15) is 264 Å². The third kappa shape index (κ3) is 53.1. The smallest absolute Gasteiger partial charge is 0.361 e. The van der Waals surface area contributed by atoms with E-state index in [0.29, 0.717) is 23.9 Å². The summed E-state index contributed by atoms with van der Waals surface area (Å²) in [6.07, 6.45) is 62.2. The summed E-state index contributed by atoms with van der Waals surface area (Å²) >= 11 is 0. The fourth-order valence-electron chi connectivity index (χ4n) is 8.36. The number of aliphatic carboxylic acids is 1. The third-order valence-corrected chi connectivity index (χ3v) is 12.8. The number of hydrogen-bond donors (Lipinski definition) is 1. The number of likely N-dealkylation sites (N-methyl/N-ethyl adjacent to an activating group) is 1. The molecule has 0 spiro atoms.